The van der Waals surface area contributed by atoms with Crippen molar-refractivity contribution >= 4 is 23.6 Å². The number of amides is 2. The summed E-state index contributed by atoms with van der Waals surface area (Å²) in [5.41, 5.74) is 2.43. The normalized spacial score (nSPS) is 11.8. The van der Waals surface area contributed by atoms with Gasteiger partial charge in [0.05, 0.1) is 5.75 Å². The van der Waals surface area contributed by atoms with E-state index in [9.17, 15) is 9.59 Å². The highest BCUT2D eigenvalue weighted by atomic mass is 32.2. The van der Waals surface area contributed by atoms with Crippen LogP contribution in [0.2, 0.25) is 0 Å². The fourth-order valence-electron chi connectivity index (χ4n) is 1.62. The van der Waals surface area contributed by atoms with Crippen molar-refractivity contribution in [3.05, 3.63) is 35.4 Å². The number of hydrogen-bond donors (Lipinski definition) is 2. The highest BCUT2D eigenvalue weighted by molar-refractivity contribution is 7.99. The van der Waals surface area contributed by atoms with Gasteiger partial charge in [-0.1, -0.05) is 29.8 Å². The molecule has 0 saturated heterocycles. The van der Waals surface area contributed by atoms with Gasteiger partial charge in [-0.3, -0.25) is 9.59 Å². The van der Waals surface area contributed by atoms with Crippen LogP contribution in [-0.4, -0.2) is 30.2 Å². The predicted molar refractivity (Wildman–Crippen MR) is 83.6 cm³/mol. The second-order valence-corrected chi connectivity index (χ2v) is 5.65. The smallest absolute Gasteiger partial charge is 0.242 e. The SMILES string of the molecule is CCNC(=O)[C@H](C)NC(=O)CSCc1ccc(C)cc1. The standard InChI is InChI=1S/C15H22N2O2S/c1-4-16-15(19)12(3)17-14(18)10-20-9-13-7-5-11(2)6-8-13/h5-8,12H,4,9-10H2,1-3H3,(H,16,19)(H,17,18)/t12-/m0/s1. The summed E-state index contributed by atoms with van der Waals surface area (Å²) in [4.78, 5) is 23.2. The van der Waals surface area contributed by atoms with E-state index in [0.717, 1.165) is 5.75 Å². The molecule has 0 aliphatic heterocycles. The van der Waals surface area contributed by atoms with E-state index in [1.165, 1.54) is 11.1 Å². The Morgan fingerprint density at radius 2 is 1.90 bits per heavy atom. The van der Waals surface area contributed by atoms with Crippen LogP contribution in [0, 0.1) is 6.92 Å². The van der Waals surface area contributed by atoms with Gasteiger partial charge in [0, 0.05) is 12.3 Å². The minimum absolute atomic E-state index is 0.110. The molecule has 0 heterocycles. The van der Waals surface area contributed by atoms with Crippen LogP contribution in [0.1, 0.15) is 25.0 Å². The highest BCUT2D eigenvalue weighted by Crippen LogP contribution is 2.12. The maximum absolute atomic E-state index is 11.7. The predicted octanol–water partition coefficient (Wildman–Crippen LogP) is 1.87. The molecule has 0 aliphatic carbocycles. The van der Waals surface area contributed by atoms with E-state index >= 15 is 0 Å². The van der Waals surface area contributed by atoms with Crippen molar-refractivity contribution in [2.45, 2.75) is 32.6 Å². The Balaban J connectivity index is 2.26. The van der Waals surface area contributed by atoms with Gasteiger partial charge >= 0.3 is 0 Å². The van der Waals surface area contributed by atoms with Gasteiger partial charge < -0.3 is 10.6 Å². The summed E-state index contributed by atoms with van der Waals surface area (Å²) in [6, 6.07) is 7.78. The first-order valence-electron chi connectivity index (χ1n) is 6.73. The Kier molecular flexibility index (Phi) is 7.15. The summed E-state index contributed by atoms with van der Waals surface area (Å²) in [7, 11) is 0. The third kappa shape index (κ3) is 6.10. The van der Waals surface area contributed by atoms with Crippen molar-refractivity contribution in [2.75, 3.05) is 12.3 Å². The molecule has 5 heteroatoms. The molecule has 1 aromatic rings. The van der Waals surface area contributed by atoms with Gasteiger partial charge in [-0.2, -0.15) is 0 Å². The molecule has 0 fully saturated rings. The van der Waals surface area contributed by atoms with Crippen LogP contribution < -0.4 is 10.6 Å². The molecule has 1 aromatic carbocycles. The number of likely N-dealkylation sites (N-methyl/N-ethyl adjacent to an activating group) is 1. The zero-order valence-electron chi connectivity index (χ0n) is 12.2. The molecule has 20 heavy (non-hydrogen) atoms. The summed E-state index contributed by atoms with van der Waals surface area (Å²) in [5, 5.41) is 5.37. The van der Waals surface area contributed by atoms with Gasteiger partial charge in [0.2, 0.25) is 11.8 Å². The molecule has 0 radical (unpaired) electrons. The van der Waals surface area contributed by atoms with Crippen molar-refractivity contribution < 1.29 is 9.59 Å². The average molecular weight is 294 g/mol. The lowest BCUT2D eigenvalue weighted by molar-refractivity contribution is -0.127. The summed E-state index contributed by atoms with van der Waals surface area (Å²) < 4.78 is 0. The molecule has 1 atom stereocenters. The van der Waals surface area contributed by atoms with Crippen molar-refractivity contribution in [1.29, 1.82) is 0 Å². The first kappa shape index (κ1) is 16.6. The second-order valence-electron chi connectivity index (χ2n) is 4.66. The van der Waals surface area contributed by atoms with E-state index in [-0.39, 0.29) is 11.8 Å². The lowest BCUT2D eigenvalue weighted by Gasteiger charge is -2.13. The first-order chi connectivity index (χ1) is 9.52. The lowest BCUT2D eigenvalue weighted by atomic mass is 10.2. The first-order valence-corrected chi connectivity index (χ1v) is 7.88. The van der Waals surface area contributed by atoms with Crippen LogP contribution in [0.4, 0.5) is 0 Å². The van der Waals surface area contributed by atoms with Gasteiger partial charge in [0.1, 0.15) is 6.04 Å². The van der Waals surface area contributed by atoms with Crippen molar-refractivity contribution in [3.8, 4) is 0 Å². The molecule has 0 saturated carbocycles. The van der Waals surface area contributed by atoms with E-state index < -0.39 is 6.04 Å². The van der Waals surface area contributed by atoms with Crippen LogP contribution in [0.5, 0.6) is 0 Å². The number of benzene rings is 1. The minimum atomic E-state index is -0.484. The van der Waals surface area contributed by atoms with Gasteiger partial charge in [0.15, 0.2) is 0 Å². The Morgan fingerprint density at radius 1 is 1.25 bits per heavy atom. The summed E-state index contributed by atoms with van der Waals surface area (Å²) >= 11 is 1.54. The molecule has 110 valence electrons. The topological polar surface area (TPSA) is 58.2 Å². The maximum atomic E-state index is 11.7. The van der Waals surface area contributed by atoms with E-state index in [2.05, 4.69) is 34.9 Å². The van der Waals surface area contributed by atoms with Gasteiger partial charge in [0.25, 0.3) is 0 Å². The lowest BCUT2D eigenvalue weighted by Crippen LogP contribution is -2.45. The monoisotopic (exact) mass is 294 g/mol. The maximum Gasteiger partial charge on any atom is 0.242 e. The fourth-order valence-corrected chi connectivity index (χ4v) is 2.42. The molecule has 2 N–H and O–H groups in total. The van der Waals surface area contributed by atoms with Crippen LogP contribution in [0.25, 0.3) is 0 Å². The molecule has 2 amide bonds. The molecular weight excluding hydrogens is 272 g/mol. The van der Waals surface area contributed by atoms with Crippen molar-refractivity contribution in [2.24, 2.45) is 0 Å². The van der Waals surface area contributed by atoms with E-state index in [1.807, 2.05) is 13.8 Å². The Labute approximate surface area is 124 Å². The molecule has 0 spiro atoms. The van der Waals surface area contributed by atoms with Crippen LogP contribution in [0.3, 0.4) is 0 Å². The van der Waals surface area contributed by atoms with Crippen LogP contribution >= 0.6 is 11.8 Å². The highest BCUT2D eigenvalue weighted by Gasteiger charge is 2.14. The van der Waals surface area contributed by atoms with E-state index in [4.69, 9.17) is 0 Å². The Hall–Kier alpha value is -1.49. The van der Waals surface area contributed by atoms with E-state index in [0.29, 0.717) is 12.3 Å². The molecular formula is C15H22N2O2S. The fraction of sp³-hybridized carbons (Fsp3) is 0.467. The van der Waals surface area contributed by atoms with Crippen molar-refractivity contribution in [1.82, 2.24) is 10.6 Å². The molecule has 0 unspecified atom stereocenters. The molecule has 1 rings (SSSR count). The quantitative estimate of drug-likeness (QED) is 0.807. The van der Waals surface area contributed by atoms with Gasteiger partial charge in [-0.05, 0) is 26.3 Å². The number of thioether (sulfide) groups is 1. The molecule has 4 nitrogen and oxygen atoms in total. The number of rotatable bonds is 7. The van der Waals surface area contributed by atoms with Gasteiger partial charge in [-0.25, -0.2) is 0 Å². The zero-order valence-corrected chi connectivity index (χ0v) is 13.0. The van der Waals surface area contributed by atoms with Gasteiger partial charge in [-0.15, -0.1) is 11.8 Å². The average Bonchev–Trinajstić information content (AvgIpc) is 2.41. The number of carbonyl (C=O) groups excluding carboxylic acids is 2. The number of carbonyl (C=O) groups is 2. The molecule has 0 aromatic heterocycles. The number of aryl methyl sites for hydroxylation is 1. The zero-order chi connectivity index (χ0) is 15.0. The molecule has 0 bridgehead atoms. The largest absolute Gasteiger partial charge is 0.355 e. The van der Waals surface area contributed by atoms with Crippen LogP contribution in [0.15, 0.2) is 24.3 Å². The Morgan fingerprint density at radius 3 is 2.50 bits per heavy atom. The van der Waals surface area contributed by atoms with Crippen molar-refractivity contribution in [3.63, 3.8) is 0 Å². The molecule has 0 aliphatic rings. The van der Waals surface area contributed by atoms with E-state index in [1.54, 1.807) is 18.7 Å². The minimum Gasteiger partial charge on any atom is -0.355 e. The third-order valence-electron chi connectivity index (χ3n) is 2.74. The third-order valence-corrected chi connectivity index (χ3v) is 3.75. The Bertz CT molecular complexity index is 446. The number of hydrogen-bond acceptors (Lipinski definition) is 3. The second kappa shape index (κ2) is 8.64. The summed E-state index contributed by atoms with van der Waals surface area (Å²) in [6.07, 6.45) is 0. The summed E-state index contributed by atoms with van der Waals surface area (Å²) in [5.74, 6) is 0.895. The number of nitrogens with one attached hydrogen (secondary N) is 2. The van der Waals surface area contributed by atoms with Crippen LogP contribution in [-0.2, 0) is 15.3 Å². The summed E-state index contributed by atoms with van der Waals surface area (Å²) in [6.45, 7) is 6.16.